The summed E-state index contributed by atoms with van der Waals surface area (Å²) in [5.41, 5.74) is 8.47. The number of hydrogen-bond donors (Lipinski definition) is 4. The van der Waals surface area contributed by atoms with E-state index in [4.69, 9.17) is 19.4 Å². The smallest absolute Gasteiger partial charge is 0.130 e. The van der Waals surface area contributed by atoms with E-state index in [0.717, 1.165) is 96.4 Å². The molecule has 8 aliphatic rings. The molecule has 16 heteroatoms. The Morgan fingerprint density at radius 1 is 0.453 bits per heavy atom. The molecule has 0 bridgehead atoms. The quantitative estimate of drug-likeness (QED) is 0.185. The van der Waals surface area contributed by atoms with Gasteiger partial charge in [-0.2, -0.15) is 10.2 Å². The number of oxime groups is 4. The Morgan fingerprint density at radius 3 is 1.20 bits per heavy atom. The van der Waals surface area contributed by atoms with Gasteiger partial charge in [0.2, 0.25) is 0 Å². The molecule has 0 radical (unpaired) electrons. The minimum absolute atomic E-state index is 0.356. The molecule has 516 valence electrons. The second-order valence-electron chi connectivity index (χ2n) is 21.7. The fourth-order valence-electron chi connectivity index (χ4n) is 7.20. The van der Waals surface area contributed by atoms with Gasteiger partial charge in [0.15, 0.2) is 0 Å². The van der Waals surface area contributed by atoms with Gasteiger partial charge in [0, 0.05) is 73.5 Å². The van der Waals surface area contributed by atoms with Gasteiger partial charge in [-0.05, 0) is 105 Å². The summed E-state index contributed by atoms with van der Waals surface area (Å²) in [5, 5.41) is 29.7. The topological polar surface area (TPSA) is 184 Å². The highest BCUT2D eigenvalue weighted by Crippen LogP contribution is 2.18. The van der Waals surface area contributed by atoms with Gasteiger partial charge in [-0.3, -0.25) is 9.98 Å². The average molecular weight is 1230 g/mol. The van der Waals surface area contributed by atoms with Crippen LogP contribution in [0.25, 0.3) is 0 Å². The summed E-state index contributed by atoms with van der Waals surface area (Å²) < 4.78 is 0. The summed E-state index contributed by atoms with van der Waals surface area (Å²) in [5.74, 6) is 7.39. The molecule has 0 spiro atoms. The summed E-state index contributed by atoms with van der Waals surface area (Å²) in [6.45, 7) is 73.5. The molecule has 0 saturated heterocycles. The van der Waals surface area contributed by atoms with E-state index < -0.39 is 0 Å². The molecule has 0 amide bonds. The van der Waals surface area contributed by atoms with E-state index in [-0.39, 0.29) is 0 Å². The van der Waals surface area contributed by atoms with Crippen LogP contribution in [0, 0.1) is 65.1 Å². The van der Waals surface area contributed by atoms with E-state index in [9.17, 15) is 0 Å². The first-order valence-corrected chi connectivity index (χ1v) is 35.1. The molecule has 0 aliphatic carbocycles. The standard InChI is InChI=1S/2C7H14N2.4C7H13NO.2C6H12N2.8C2H6/c1-6(2)7-3-4-8-9-5-7;1-6(2)7-4-3-5-8-9-7;1-6(2)7-3-4-9-8-5-7;1-6(2)7-3-4-8-9-5-7;1-6(2)7-4-3-5-9-8-7;1-6(2)7-4-3-5-8-9-7;2*1-5(2)6-3-7-4-8-6;8*1-2/h5-8H,3-4H2,1-2H3;6,8H,3-5H2,1-2H3;5-7H,3-4H2,1-2H3;4,6-7H,3,5H2,1-2H3;6H,3-5H2,1-2H3;5-7H,3-4H2,1-2H3;2*4-6H,3H2,1-2H3,(H,7,8);8*1-2H3. The van der Waals surface area contributed by atoms with Gasteiger partial charge in [-0.1, -0.05) is 242 Å². The number of nitrogens with zero attached hydrogens (tertiary/aromatic N) is 8. The molecule has 8 aliphatic heterocycles. The summed E-state index contributed by atoms with van der Waals surface area (Å²) >= 11 is 0. The predicted octanol–water partition coefficient (Wildman–Crippen LogP) is 19.1. The van der Waals surface area contributed by atoms with E-state index in [1.807, 2.05) is 136 Å². The maximum Gasteiger partial charge on any atom is 0.130 e. The van der Waals surface area contributed by atoms with E-state index >= 15 is 0 Å². The molecule has 6 atom stereocenters. The number of hydrazone groups is 2. The van der Waals surface area contributed by atoms with Crippen LogP contribution in [0.5, 0.6) is 0 Å². The molecule has 6 unspecified atom stereocenters. The van der Waals surface area contributed by atoms with Crippen LogP contribution in [0.3, 0.4) is 0 Å². The first-order valence-electron chi connectivity index (χ1n) is 35.1. The Morgan fingerprint density at radius 2 is 0.965 bits per heavy atom. The van der Waals surface area contributed by atoms with Gasteiger partial charge in [0.05, 0.1) is 31.5 Å². The fourth-order valence-corrected chi connectivity index (χ4v) is 7.20. The van der Waals surface area contributed by atoms with Crippen molar-refractivity contribution in [3.05, 3.63) is 0 Å². The molecule has 0 aromatic heterocycles. The largest absolute Gasteiger partial charge is 0.396 e. The Balaban J connectivity index is -0.000000130. The van der Waals surface area contributed by atoms with Crippen LogP contribution in [-0.2, 0) is 19.4 Å². The highest BCUT2D eigenvalue weighted by molar-refractivity contribution is 5.86. The van der Waals surface area contributed by atoms with Gasteiger partial charge in [0.25, 0.3) is 0 Å². The minimum Gasteiger partial charge on any atom is -0.396 e. The summed E-state index contributed by atoms with van der Waals surface area (Å²) in [7, 11) is 0. The lowest BCUT2D eigenvalue weighted by Crippen LogP contribution is -2.29. The van der Waals surface area contributed by atoms with Crippen molar-refractivity contribution in [3.8, 4) is 0 Å². The van der Waals surface area contributed by atoms with Gasteiger partial charge >= 0.3 is 0 Å². The summed E-state index contributed by atoms with van der Waals surface area (Å²) in [4.78, 5) is 27.9. The minimum atomic E-state index is 0.356. The van der Waals surface area contributed by atoms with Crippen LogP contribution in [0.2, 0.25) is 0 Å². The average Bonchev–Trinajstić information content (AvgIpc) is 4.38. The third-order valence-corrected chi connectivity index (χ3v) is 13.0. The monoisotopic (exact) mass is 1230 g/mol. The van der Waals surface area contributed by atoms with Crippen LogP contribution in [-0.4, -0.2) is 113 Å². The molecule has 8 rings (SSSR count). The van der Waals surface area contributed by atoms with Crippen LogP contribution in [0.1, 0.15) is 279 Å². The van der Waals surface area contributed by atoms with Crippen molar-refractivity contribution in [2.24, 2.45) is 106 Å². The zero-order valence-electron chi connectivity index (χ0n) is 63.1. The Kier molecular flexibility index (Phi) is 87.6. The second-order valence-corrected chi connectivity index (χ2v) is 21.7. The first kappa shape index (κ1) is 98.0. The Bertz CT molecular complexity index is 1420. The zero-order chi connectivity index (χ0) is 68.1. The van der Waals surface area contributed by atoms with E-state index in [0.29, 0.717) is 71.4 Å². The van der Waals surface area contributed by atoms with E-state index in [1.54, 1.807) is 12.7 Å². The van der Waals surface area contributed by atoms with E-state index in [1.165, 1.54) is 30.7 Å². The van der Waals surface area contributed by atoms with Crippen molar-refractivity contribution >= 4 is 49.0 Å². The molecule has 0 fully saturated rings. The number of rotatable bonds is 8. The third-order valence-electron chi connectivity index (χ3n) is 13.0. The van der Waals surface area contributed by atoms with Crippen molar-refractivity contribution in [1.29, 1.82) is 0 Å². The molecular formula is C70H152N12O4. The van der Waals surface area contributed by atoms with Crippen LogP contribution in [0.15, 0.2) is 40.8 Å². The molecule has 86 heavy (non-hydrogen) atoms. The van der Waals surface area contributed by atoms with Crippen LogP contribution >= 0.6 is 0 Å². The van der Waals surface area contributed by atoms with Gasteiger partial charge in [0.1, 0.15) is 25.9 Å². The lowest BCUT2D eigenvalue weighted by Gasteiger charge is -2.20. The third kappa shape index (κ3) is 61.4. The fraction of sp³-hybridized carbons (Fsp3) is 0.886. The SMILES string of the molecule is CC.CC.CC.CC.CC.CC.CC.CC.CC(C)C1=NNCCC1.CC(C)C1=NOCCC1.CC(C)C1C=NNCC1.CC(C)C1C=NOCC1.CC(C)C1CC=NOC1.CC(C)C1CCC=NO1.CC(C)C1CN=CN1.CC(C)C1CN=CN1. The van der Waals surface area contributed by atoms with Crippen LogP contribution in [0.4, 0.5) is 0 Å². The van der Waals surface area contributed by atoms with Gasteiger partial charge < -0.3 is 40.8 Å². The first-order chi connectivity index (χ1) is 41.4. The number of aliphatic imine (C=N–C) groups is 2. The lowest BCUT2D eigenvalue weighted by molar-refractivity contribution is 0.0146. The molecule has 4 N–H and O–H groups in total. The highest BCUT2D eigenvalue weighted by Gasteiger charge is 2.18. The molecule has 0 saturated carbocycles. The van der Waals surface area contributed by atoms with Crippen molar-refractivity contribution in [3.63, 3.8) is 0 Å². The molecule has 8 heterocycles. The molecular weight excluding hydrogens is 1070 g/mol. The van der Waals surface area contributed by atoms with Crippen molar-refractivity contribution in [1.82, 2.24) is 21.5 Å². The predicted molar refractivity (Wildman–Crippen MR) is 390 cm³/mol. The molecule has 16 nitrogen and oxygen atoms in total. The zero-order valence-corrected chi connectivity index (χ0v) is 63.1. The maximum atomic E-state index is 5.11. The Hall–Kier alpha value is -4.24. The highest BCUT2D eigenvalue weighted by atomic mass is 16.6. The number of nitrogens with one attached hydrogen (secondary N) is 4. The summed E-state index contributed by atoms with van der Waals surface area (Å²) in [6, 6.07) is 1.19. The van der Waals surface area contributed by atoms with Gasteiger partial charge in [-0.15, -0.1) is 0 Å². The second kappa shape index (κ2) is 76.9. The van der Waals surface area contributed by atoms with Crippen molar-refractivity contribution < 1.29 is 19.4 Å². The van der Waals surface area contributed by atoms with E-state index in [2.05, 4.69) is 173 Å². The van der Waals surface area contributed by atoms with Crippen molar-refractivity contribution in [2.75, 3.05) is 46.0 Å². The van der Waals surface area contributed by atoms with Crippen molar-refractivity contribution in [2.45, 2.75) is 298 Å². The Labute approximate surface area is 537 Å². The maximum absolute atomic E-state index is 5.11. The lowest BCUT2D eigenvalue weighted by atomic mass is 9.93. The molecule has 0 aromatic rings. The molecule has 0 aromatic carbocycles. The normalized spacial score (nSPS) is 20.6. The number of hydrogen-bond acceptors (Lipinski definition) is 16. The summed E-state index contributed by atoms with van der Waals surface area (Å²) in [6.07, 6.45) is 21.9. The van der Waals surface area contributed by atoms with Gasteiger partial charge in [-0.25, -0.2) is 0 Å². The van der Waals surface area contributed by atoms with Crippen LogP contribution < -0.4 is 21.5 Å².